The molecule has 0 radical (unpaired) electrons. The minimum Gasteiger partial charge on any atom is -0.390 e. The second-order valence-corrected chi connectivity index (χ2v) is 6.29. The summed E-state index contributed by atoms with van der Waals surface area (Å²) in [7, 11) is 0. The highest BCUT2D eigenvalue weighted by molar-refractivity contribution is 5.94. The Labute approximate surface area is 131 Å². The third-order valence-electron chi connectivity index (χ3n) is 3.62. The molecular weight excluding hydrogens is 282 g/mol. The van der Waals surface area contributed by atoms with Crippen LogP contribution in [-0.2, 0) is 15.9 Å². The van der Waals surface area contributed by atoms with E-state index in [2.05, 4.69) is 5.32 Å². The van der Waals surface area contributed by atoms with Crippen molar-refractivity contribution in [2.45, 2.75) is 38.4 Å². The summed E-state index contributed by atoms with van der Waals surface area (Å²) in [6.07, 6.45) is 1.42. The van der Waals surface area contributed by atoms with Gasteiger partial charge in [0.05, 0.1) is 31.5 Å². The molecule has 1 fully saturated rings. The van der Waals surface area contributed by atoms with Crippen molar-refractivity contribution in [2.24, 2.45) is 0 Å². The summed E-state index contributed by atoms with van der Waals surface area (Å²) in [5.41, 5.74) is 1.07. The van der Waals surface area contributed by atoms with Gasteiger partial charge in [0, 0.05) is 12.1 Å². The van der Waals surface area contributed by atoms with Crippen LogP contribution in [-0.4, -0.2) is 49.1 Å². The number of amides is 1. The van der Waals surface area contributed by atoms with Gasteiger partial charge in [-0.15, -0.1) is 0 Å². The first-order chi connectivity index (χ1) is 10.4. The van der Waals surface area contributed by atoms with Crippen molar-refractivity contribution in [1.29, 1.82) is 0 Å². The highest BCUT2D eigenvalue weighted by Crippen LogP contribution is 2.14. The van der Waals surface area contributed by atoms with E-state index in [1.807, 2.05) is 24.3 Å². The van der Waals surface area contributed by atoms with Gasteiger partial charge in [0.25, 0.3) is 5.91 Å². The largest absolute Gasteiger partial charge is 0.390 e. The Bertz CT molecular complexity index is 472. The molecule has 5 nitrogen and oxygen atoms in total. The molecular formula is C17H25NO4. The summed E-state index contributed by atoms with van der Waals surface area (Å²) < 4.78 is 10.8. The number of hydrogen-bond acceptors (Lipinski definition) is 4. The molecule has 0 spiro atoms. The fourth-order valence-electron chi connectivity index (χ4n) is 2.24. The fraction of sp³-hybridized carbons (Fsp3) is 0.588. The third kappa shape index (κ3) is 5.75. The SMILES string of the molecule is CC(C)(O)CCc1ccc(C(=O)NCC2COCCO2)cc1. The summed E-state index contributed by atoms with van der Waals surface area (Å²) >= 11 is 0. The maximum absolute atomic E-state index is 12.1. The van der Waals surface area contributed by atoms with Crippen LogP contribution in [0.3, 0.4) is 0 Å². The smallest absolute Gasteiger partial charge is 0.251 e. The summed E-state index contributed by atoms with van der Waals surface area (Å²) in [5.74, 6) is -0.108. The molecule has 1 aromatic carbocycles. The van der Waals surface area contributed by atoms with Crippen LogP contribution < -0.4 is 5.32 Å². The molecule has 2 N–H and O–H groups in total. The van der Waals surface area contributed by atoms with Gasteiger partial charge >= 0.3 is 0 Å². The van der Waals surface area contributed by atoms with E-state index in [-0.39, 0.29) is 12.0 Å². The monoisotopic (exact) mass is 307 g/mol. The van der Waals surface area contributed by atoms with Crippen molar-refractivity contribution < 1.29 is 19.4 Å². The number of ether oxygens (including phenoxy) is 2. The molecule has 2 rings (SSSR count). The van der Waals surface area contributed by atoms with Gasteiger partial charge in [-0.2, -0.15) is 0 Å². The first-order valence-electron chi connectivity index (χ1n) is 7.73. The van der Waals surface area contributed by atoms with E-state index >= 15 is 0 Å². The molecule has 1 saturated heterocycles. The maximum Gasteiger partial charge on any atom is 0.251 e. The number of carbonyl (C=O) groups is 1. The molecule has 22 heavy (non-hydrogen) atoms. The van der Waals surface area contributed by atoms with Gasteiger partial charge in [0.15, 0.2) is 0 Å². The zero-order chi connectivity index (χ0) is 16.0. The molecule has 0 bridgehead atoms. The van der Waals surface area contributed by atoms with Crippen LogP contribution >= 0.6 is 0 Å². The number of nitrogens with one attached hydrogen (secondary N) is 1. The molecule has 1 heterocycles. The lowest BCUT2D eigenvalue weighted by Crippen LogP contribution is -2.39. The standard InChI is InChI=1S/C17H25NO4/c1-17(2,20)8-7-13-3-5-14(6-4-13)16(19)18-11-15-12-21-9-10-22-15/h3-6,15,20H,7-12H2,1-2H3,(H,18,19). The number of carbonyl (C=O) groups excluding carboxylic acids is 1. The molecule has 1 aromatic rings. The predicted molar refractivity (Wildman–Crippen MR) is 84.0 cm³/mol. The van der Waals surface area contributed by atoms with Crippen molar-refractivity contribution in [3.05, 3.63) is 35.4 Å². The van der Waals surface area contributed by atoms with E-state index in [1.165, 1.54) is 0 Å². The van der Waals surface area contributed by atoms with Crippen LogP contribution in [0.15, 0.2) is 24.3 Å². The van der Waals surface area contributed by atoms with Gasteiger partial charge in [0.2, 0.25) is 0 Å². The Balaban J connectivity index is 1.80. The zero-order valence-electron chi connectivity index (χ0n) is 13.3. The van der Waals surface area contributed by atoms with Crippen LogP contribution in [0, 0.1) is 0 Å². The lowest BCUT2D eigenvalue weighted by molar-refractivity contribution is -0.0855. The van der Waals surface area contributed by atoms with Crippen molar-refractivity contribution in [1.82, 2.24) is 5.32 Å². The van der Waals surface area contributed by atoms with Crippen molar-refractivity contribution in [3.63, 3.8) is 0 Å². The Kier molecular flexibility index (Phi) is 5.94. The molecule has 1 atom stereocenters. The van der Waals surface area contributed by atoms with Crippen LogP contribution in [0.1, 0.15) is 36.2 Å². The maximum atomic E-state index is 12.1. The molecule has 1 unspecified atom stereocenters. The van der Waals surface area contributed by atoms with Gasteiger partial charge in [-0.1, -0.05) is 12.1 Å². The molecule has 0 aliphatic carbocycles. The molecule has 1 amide bonds. The first-order valence-corrected chi connectivity index (χ1v) is 7.73. The van der Waals surface area contributed by atoms with Gasteiger partial charge in [-0.25, -0.2) is 0 Å². The Morgan fingerprint density at radius 3 is 2.64 bits per heavy atom. The number of aliphatic hydroxyl groups is 1. The lowest BCUT2D eigenvalue weighted by Gasteiger charge is -2.23. The number of aryl methyl sites for hydroxylation is 1. The summed E-state index contributed by atoms with van der Waals surface area (Å²) in [6, 6.07) is 7.49. The van der Waals surface area contributed by atoms with E-state index in [1.54, 1.807) is 13.8 Å². The Morgan fingerprint density at radius 2 is 2.05 bits per heavy atom. The van der Waals surface area contributed by atoms with Crippen molar-refractivity contribution in [3.8, 4) is 0 Å². The third-order valence-corrected chi connectivity index (χ3v) is 3.62. The van der Waals surface area contributed by atoms with Crippen molar-refractivity contribution >= 4 is 5.91 Å². The van der Waals surface area contributed by atoms with Gasteiger partial charge < -0.3 is 19.9 Å². The zero-order valence-corrected chi connectivity index (χ0v) is 13.3. The average molecular weight is 307 g/mol. The van der Waals surface area contributed by atoms with E-state index in [9.17, 15) is 9.90 Å². The second-order valence-electron chi connectivity index (χ2n) is 6.29. The first kappa shape index (κ1) is 16.9. The molecule has 0 saturated carbocycles. The average Bonchev–Trinajstić information content (AvgIpc) is 2.51. The summed E-state index contributed by atoms with van der Waals surface area (Å²) in [4.78, 5) is 12.1. The van der Waals surface area contributed by atoms with Gasteiger partial charge in [-0.05, 0) is 44.4 Å². The molecule has 122 valence electrons. The predicted octanol–water partition coefficient (Wildman–Crippen LogP) is 1.54. The topological polar surface area (TPSA) is 67.8 Å². The van der Waals surface area contributed by atoms with Crippen LogP contribution in [0.25, 0.3) is 0 Å². The fourth-order valence-corrected chi connectivity index (χ4v) is 2.24. The van der Waals surface area contributed by atoms with E-state index < -0.39 is 5.60 Å². The highest BCUT2D eigenvalue weighted by atomic mass is 16.6. The highest BCUT2D eigenvalue weighted by Gasteiger charge is 2.16. The number of hydrogen-bond donors (Lipinski definition) is 2. The lowest BCUT2D eigenvalue weighted by atomic mass is 9.98. The van der Waals surface area contributed by atoms with Gasteiger partial charge in [-0.3, -0.25) is 4.79 Å². The van der Waals surface area contributed by atoms with Crippen LogP contribution in [0.4, 0.5) is 0 Å². The number of rotatable bonds is 6. The Morgan fingerprint density at radius 1 is 1.32 bits per heavy atom. The second kappa shape index (κ2) is 7.72. The molecule has 5 heteroatoms. The normalized spacial score (nSPS) is 19.0. The minimum atomic E-state index is -0.669. The quantitative estimate of drug-likeness (QED) is 0.836. The molecule has 1 aliphatic rings. The summed E-state index contributed by atoms with van der Waals surface area (Å²) in [6.45, 7) is 5.78. The van der Waals surface area contributed by atoms with E-state index in [0.717, 1.165) is 12.0 Å². The van der Waals surface area contributed by atoms with Gasteiger partial charge in [0.1, 0.15) is 0 Å². The minimum absolute atomic E-state index is 0.0660. The van der Waals surface area contributed by atoms with E-state index in [4.69, 9.17) is 9.47 Å². The molecule has 0 aromatic heterocycles. The Hall–Kier alpha value is -1.43. The number of benzene rings is 1. The summed E-state index contributed by atoms with van der Waals surface area (Å²) in [5, 5.41) is 12.6. The van der Waals surface area contributed by atoms with Crippen molar-refractivity contribution in [2.75, 3.05) is 26.4 Å². The molecule has 1 aliphatic heterocycles. The van der Waals surface area contributed by atoms with Crippen LogP contribution in [0.2, 0.25) is 0 Å². The van der Waals surface area contributed by atoms with E-state index in [0.29, 0.717) is 38.3 Å². The van der Waals surface area contributed by atoms with Crippen LogP contribution in [0.5, 0.6) is 0 Å².